The van der Waals surface area contributed by atoms with Crippen molar-refractivity contribution in [3.8, 4) is 0 Å². The van der Waals surface area contributed by atoms with Crippen LogP contribution in [0.1, 0.15) is 0 Å². The molecule has 1 radical (unpaired) electrons. The fourth-order valence-electron chi connectivity index (χ4n) is 0.0782. The van der Waals surface area contributed by atoms with Crippen molar-refractivity contribution in [2.45, 2.75) is 0 Å². The summed E-state index contributed by atoms with van der Waals surface area (Å²) in [4.78, 5) is 0. The van der Waals surface area contributed by atoms with Gasteiger partial charge in [-0.2, -0.15) is 0 Å². The smallest absolute Gasteiger partial charge is 0.226 e. The Bertz CT molecular complexity index is 53.9. The summed E-state index contributed by atoms with van der Waals surface area (Å²) in [7, 11) is -1.63. The topological polar surface area (TPSA) is 35.5 Å². The second-order valence-corrected chi connectivity index (χ2v) is 2.86. The summed E-state index contributed by atoms with van der Waals surface area (Å²) in [5.41, 5.74) is 0. The number of hydrogen-bond donors (Lipinski definition) is 0. The maximum atomic E-state index is 9.62. The number of hydrogen-bond acceptors (Lipinski definition) is 3. The lowest BCUT2D eigenvalue weighted by molar-refractivity contribution is 0.332. The van der Waals surface area contributed by atoms with E-state index < -0.39 is 8.25 Å². The summed E-state index contributed by atoms with van der Waals surface area (Å²) < 4.78 is 18.2. The molecule has 25 valence electrons. The molecule has 0 aromatic heterocycles. The molecule has 0 aromatic rings. The first-order valence-electron chi connectivity index (χ1n) is 1.02. The van der Waals surface area contributed by atoms with Crippen molar-refractivity contribution in [1.29, 1.82) is 0 Å². The van der Waals surface area contributed by atoms with E-state index in [9.17, 15) is 4.57 Å². The standard InChI is InChI=1S/Al.HO3P/c;1-4(2)3/h;(H,1,2,3)/q+2;/p-1. The summed E-state index contributed by atoms with van der Waals surface area (Å²) in [6.45, 7) is 0. The molecule has 1 aliphatic heterocycles. The molecule has 0 atom stereocenters. The maximum Gasteiger partial charge on any atom is 0.811 e. The van der Waals surface area contributed by atoms with Crippen molar-refractivity contribution >= 4 is 24.1 Å². The van der Waals surface area contributed by atoms with Gasteiger partial charge in [-0.25, -0.2) is 7.15 Å². The highest BCUT2D eigenvalue weighted by atomic mass is 31.1. The molecule has 3 nitrogen and oxygen atoms in total. The van der Waals surface area contributed by atoms with Crippen LogP contribution in [0.15, 0.2) is 0 Å². The molecule has 1 saturated heterocycles. The second kappa shape index (κ2) is 1.34. The van der Waals surface area contributed by atoms with E-state index in [2.05, 4.69) is 7.15 Å². The van der Waals surface area contributed by atoms with Gasteiger partial charge in [0.2, 0.25) is 0 Å². The third kappa shape index (κ3) is 0.691. The highest BCUT2D eigenvalue weighted by molar-refractivity contribution is 7.39. The van der Waals surface area contributed by atoms with Crippen molar-refractivity contribution in [1.82, 2.24) is 0 Å². The van der Waals surface area contributed by atoms with E-state index in [1.165, 1.54) is 0 Å². The zero-order chi connectivity index (χ0) is 3.70. The van der Waals surface area contributed by atoms with Gasteiger partial charge in [-0.3, -0.25) is 0 Å². The molecule has 0 aromatic carbocycles. The third-order valence-corrected chi connectivity index (χ3v) is 2.32. The molecule has 0 unspecified atom stereocenters. The van der Waals surface area contributed by atoms with E-state index in [0.717, 1.165) is 0 Å². The molecule has 0 spiro atoms. The lowest BCUT2D eigenvalue weighted by Crippen LogP contribution is -2.03. The van der Waals surface area contributed by atoms with E-state index in [4.69, 9.17) is 0 Å². The van der Waals surface area contributed by atoms with Crippen molar-refractivity contribution < 1.29 is 11.7 Å². The van der Waals surface area contributed by atoms with Gasteiger partial charge in [-0.15, -0.1) is 0 Å². The predicted octanol–water partition coefficient (Wildman–Crippen LogP) is 0.225. The van der Waals surface area contributed by atoms with Crippen LogP contribution in [0.3, 0.4) is 0 Å². The summed E-state index contributed by atoms with van der Waals surface area (Å²) in [5, 5.41) is 0. The van der Waals surface area contributed by atoms with Crippen LogP contribution in [0.25, 0.3) is 0 Å². The molecule has 5 heavy (non-hydrogen) atoms. The van der Waals surface area contributed by atoms with E-state index >= 15 is 0 Å². The van der Waals surface area contributed by atoms with E-state index in [0.29, 0.717) is 0 Å². The first-order valence-corrected chi connectivity index (χ1v) is 3.06. The Hall–Kier alpha value is 0.552. The SMILES string of the molecule is O=[P+]1[O][Al][O]1. The van der Waals surface area contributed by atoms with Gasteiger partial charge in [-0.05, 0) is 0 Å². The lowest BCUT2D eigenvalue weighted by atomic mass is 15.7. The fraction of sp³-hybridized carbons (Fsp3) is 0. The van der Waals surface area contributed by atoms with Crippen LogP contribution < -0.4 is 0 Å². The summed E-state index contributed by atoms with van der Waals surface area (Å²) >= 11 is -0.354. The molecule has 0 saturated carbocycles. The third-order valence-electron chi connectivity index (χ3n) is 0.258. The first kappa shape index (κ1) is 3.73. The minimum absolute atomic E-state index is 0.354. The van der Waals surface area contributed by atoms with Crippen LogP contribution in [0.5, 0.6) is 0 Å². The molecule has 0 bridgehead atoms. The second-order valence-electron chi connectivity index (χ2n) is 0.531. The molecule has 1 fully saturated rings. The van der Waals surface area contributed by atoms with Gasteiger partial charge in [0, 0.05) is 4.57 Å². The average molecular weight is 106 g/mol. The van der Waals surface area contributed by atoms with E-state index in [1.54, 1.807) is 0 Å². The van der Waals surface area contributed by atoms with Gasteiger partial charge >= 0.3 is 24.1 Å². The Morgan fingerprint density at radius 2 is 2.00 bits per heavy atom. The van der Waals surface area contributed by atoms with Gasteiger partial charge in [-0.1, -0.05) is 0 Å². The van der Waals surface area contributed by atoms with Crippen LogP contribution in [0, 0.1) is 0 Å². The van der Waals surface area contributed by atoms with Crippen molar-refractivity contribution in [2.75, 3.05) is 0 Å². The van der Waals surface area contributed by atoms with Gasteiger partial charge in [0.15, 0.2) is 0 Å². The molecular weight excluding hydrogens is 106 g/mol. The largest absolute Gasteiger partial charge is 0.811 e. The van der Waals surface area contributed by atoms with Crippen LogP contribution >= 0.6 is 8.25 Å². The Morgan fingerprint density at radius 3 is 2.00 bits per heavy atom. The van der Waals surface area contributed by atoms with Gasteiger partial charge in [0.25, 0.3) is 0 Å². The van der Waals surface area contributed by atoms with Crippen molar-refractivity contribution in [3.63, 3.8) is 0 Å². The summed E-state index contributed by atoms with van der Waals surface area (Å²) in [5.74, 6) is 0. The Balaban J connectivity index is 2.32. The molecular formula is AlO3P+. The van der Waals surface area contributed by atoms with Crippen LogP contribution in [0.2, 0.25) is 0 Å². The highest BCUT2D eigenvalue weighted by Crippen LogP contribution is 2.30. The molecule has 0 amide bonds. The van der Waals surface area contributed by atoms with Crippen LogP contribution in [0.4, 0.5) is 0 Å². The first-order chi connectivity index (χ1) is 2.39. The predicted molar refractivity (Wildman–Crippen MR) is 15.5 cm³/mol. The molecule has 1 aliphatic rings. The minimum Gasteiger partial charge on any atom is -0.226 e. The average Bonchev–Trinajstić information content (AvgIpc) is 1.30. The van der Waals surface area contributed by atoms with Gasteiger partial charge in [0.1, 0.15) is 0 Å². The monoisotopic (exact) mass is 106 g/mol. The molecule has 1 rings (SSSR count). The summed E-state index contributed by atoms with van der Waals surface area (Å²) in [6.07, 6.45) is 0. The molecule has 0 N–H and O–H groups in total. The number of rotatable bonds is 0. The van der Waals surface area contributed by atoms with Gasteiger partial charge < -0.3 is 0 Å². The quantitative estimate of drug-likeness (QED) is 0.327. The van der Waals surface area contributed by atoms with Crippen molar-refractivity contribution in [2.24, 2.45) is 0 Å². The molecule has 1 heterocycles. The van der Waals surface area contributed by atoms with E-state index in [1.807, 2.05) is 0 Å². The maximum absolute atomic E-state index is 9.62. The highest BCUT2D eigenvalue weighted by Gasteiger charge is 2.37. The molecule has 5 heteroatoms. The zero-order valence-electron chi connectivity index (χ0n) is 2.25. The molecule has 0 aliphatic carbocycles. The van der Waals surface area contributed by atoms with Crippen molar-refractivity contribution in [3.05, 3.63) is 0 Å². The van der Waals surface area contributed by atoms with Crippen LogP contribution in [-0.2, 0) is 11.7 Å². The fourth-order valence-corrected chi connectivity index (χ4v) is 0.704. The Kier molecular flexibility index (Phi) is 0.999. The minimum atomic E-state index is -1.63. The lowest BCUT2D eigenvalue weighted by Gasteiger charge is -1.87. The van der Waals surface area contributed by atoms with Gasteiger partial charge in [0.05, 0.1) is 0 Å². The zero-order valence-corrected chi connectivity index (χ0v) is 4.30. The Labute approximate surface area is 36.6 Å². The van der Waals surface area contributed by atoms with Crippen LogP contribution in [-0.4, -0.2) is 15.9 Å². The Morgan fingerprint density at radius 1 is 1.60 bits per heavy atom. The normalized spacial score (nSPS) is 20.4. The summed E-state index contributed by atoms with van der Waals surface area (Å²) in [6, 6.07) is 0. The van der Waals surface area contributed by atoms with E-state index in [-0.39, 0.29) is 15.9 Å².